The summed E-state index contributed by atoms with van der Waals surface area (Å²) in [4.78, 5) is 12.2. The largest absolute Gasteiger partial charge is 0.426 e. The lowest BCUT2D eigenvalue weighted by Crippen LogP contribution is -2.29. The van der Waals surface area contributed by atoms with Crippen LogP contribution < -0.4 is 4.74 Å². The van der Waals surface area contributed by atoms with Crippen molar-refractivity contribution in [2.24, 2.45) is 5.92 Å². The molecule has 0 spiro atoms. The smallest absolute Gasteiger partial charge is 0.314 e. The Morgan fingerprint density at radius 1 is 1.17 bits per heavy atom. The molecule has 1 aromatic rings. The van der Waals surface area contributed by atoms with Crippen LogP contribution in [0.1, 0.15) is 31.2 Å². The van der Waals surface area contributed by atoms with E-state index in [2.05, 4.69) is 0 Å². The van der Waals surface area contributed by atoms with Gasteiger partial charge >= 0.3 is 5.97 Å². The highest BCUT2D eigenvalue weighted by atomic mass is 16.7. The topological polar surface area (TPSA) is 57.3 Å². The van der Waals surface area contributed by atoms with Gasteiger partial charge in [0.05, 0.1) is 25.2 Å². The SMILES string of the molecule is Cc1ccc(OC(=O)C2CCC(OCOCC3CO3)CC2)cc1. The number of epoxide rings is 1. The molecule has 126 valence electrons. The second-order valence-corrected chi connectivity index (χ2v) is 6.32. The molecule has 1 atom stereocenters. The monoisotopic (exact) mass is 320 g/mol. The van der Waals surface area contributed by atoms with Crippen LogP contribution in [0.25, 0.3) is 0 Å². The lowest BCUT2D eigenvalue weighted by molar-refractivity contribution is -0.143. The van der Waals surface area contributed by atoms with Crippen molar-refractivity contribution in [2.75, 3.05) is 20.0 Å². The molecule has 1 saturated carbocycles. The molecule has 1 aliphatic carbocycles. The van der Waals surface area contributed by atoms with Crippen molar-refractivity contribution in [3.05, 3.63) is 29.8 Å². The van der Waals surface area contributed by atoms with E-state index in [1.807, 2.05) is 31.2 Å². The second-order valence-electron chi connectivity index (χ2n) is 6.32. The predicted octanol–water partition coefficient (Wildman–Crippen LogP) is 2.85. The van der Waals surface area contributed by atoms with Crippen molar-refractivity contribution in [1.29, 1.82) is 0 Å². The number of hydrogen-bond acceptors (Lipinski definition) is 5. The lowest BCUT2D eigenvalue weighted by atomic mass is 9.87. The van der Waals surface area contributed by atoms with E-state index in [-0.39, 0.29) is 24.1 Å². The van der Waals surface area contributed by atoms with Crippen LogP contribution in [0.3, 0.4) is 0 Å². The van der Waals surface area contributed by atoms with Gasteiger partial charge < -0.3 is 18.9 Å². The molecule has 1 heterocycles. The molecule has 1 unspecified atom stereocenters. The highest BCUT2D eigenvalue weighted by molar-refractivity contribution is 5.75. The molecule has 0 bridgehead atoms. The van der Waals surface area contributed by atoms with E-state index in [9.17, 15) is 4.79 Å². The van der Waals surface area contributed by atoms with Crippen LogP contribution in [-0.2, 0) is 19.0 Å². The van der Waals surface area contributed by atoms with Gasteiger partial charge in [-0.3, -0.25) is 4.79 Å². The van der Waals surface area contributed by atoms with Crippen molar-refractivity contribution >= 4 is 5.97 Å². The molecule has 0 amide bonds. The zero-order valence-electron chi connectivity index (χ0n) is 13.5. The van der Waals surface area contributed by atoms with Gasteiger partial charge in [-0.25, -0.2) is 0 Å². The summed E-state index contributed by atoms with van der Waals surface area (Å²) in [5.74, 6) is 0.459. The molecule has 0 aromatic heterocycles. The van der Waals surface area contributed by atoms with Crippen LogP contribution in [0.4, 0.5) is 0 Å². The lowest BCUT2D eigenvalue weighted by Gasteiger charge is -2.27. The first-order valence-corrected chi connectivity index (χ1v) is 8.30. The molecule has 0 radical (unpaired) electrons. The zero-order valence-corrected chi connectivity index (χ0v) is 13.5. The maximum atomic E-state index is 12.2. The molecule has 5 heteroatoms. The van der Waals surface area contributed by atoms with Crippen molar-refractivity contribution in [3.63, 3.8) is 0 Å². The average molecular weight is 320 g/mol. The van der Waals surface area contributed by atoms with E-state index in [1.165, 1.54) is 0 Å². The number of carbonyl (C=O) groups is 1. The normalized spacial score (nSPS) is 26.7. The summed E-state index contributed by atoms with van der Waals surface area (Å²) in [5, 5.41) is 0. The van der Waals surface area contributed by atoms with E-state index in [0.29, 0.717) is 19.1 Å². The van der Waals surface area contributed by atoms with Crippen LogP contribution in [0, 0.1) is 12.8 Å². The van der Waals surface area contributed by atoms with Crippen molar-refractivity contribution in [1.82, 2.24) is 0 Å². The molecule has 3 rings (SSSR count). The first-order valence-electron chi connectivity index (χ1n) is 8.30. The Balaban J connectivity index is 1.34. The molecule has 2 aliphatic rings. The van der Waals surface area contributed by atoms with Gasteiger partial charge in [0.1, 0.15) is 18.6 Å². The maximum Gasteiger partial charge on any atom is 0.314 e. The fourth-order valence-corrected chi connectivity index (χ4v) is 2.76. The Labute approximate surface area is 136 Å². The Morgan fingerprint density at radius 2 is 1.87 bits per heavy atom. The Hall–Kier alpha value is -1.43. The van der Waals surface area contributed by atoms with Gasteiger partial charge in [-0.05, 0) is 44.7 Å². The standard InChI is InChI=1S/C18H24O5/c1-13-2-6-16(7-3-13)23-18(19)14-4-8-15(9-5-14)22-12-20-10-17-11-21-17/h2-3,6-7,14-15,17H,4-5,8-12H2,1H3. The number of hydrogen-bond donors (Lipinski definition) is 0. The molecule has 5 nitrogen and oxygen atoms in total. The van der Waals surface area contributed by atoms with Gasteiger partial charge in [0.15, 0.2) is 0 Å². The summed E-state index contributed by atoms with van der Waals surface area (Å²) in [6, 6.07) is 7.56. The first-order chi connectivity index (χ1) is 11.2. The van der Waals surface area contributed by atoms with Gasteiger partial charge in [0, 0.05) is 0 Å². The van der Waals surface area contributed by atoms with Gasteiger partial charge in [-0.1, -0.05) is 17.7 Å². The summed E-state index contributed by atoms with van der Waals surface area (Å²) in [6.07, 6.45) is 3.81. The summed E-state index contributed by atoms with van der Waals surface area (Å²) in [5.41, 5.74) is 1.15. The van der Waals surface area contributed by atoms with Gasteiger partial charge in [0.25, 0.3) is 0 Å². The maximum absolute atomic E-state index is 12.2. The van der Waals surface area contributed by atoms with Crippen molar-refractivity contribution < 1.29 is 23.7 Å². The fraction of sp³-hybridized carbons (Fsp3) is 0.611. The molecular formula is C18H24O5. The molecule has 1 aromatic carbocycles. The Kier molecular flexibility index (Phi) is 5.65. The highest BCUT2D eigenvalue weighted by Crippen LogP contribution is 2.28. The van der Waals surface area contributed by atoms with Crippen LogP contribution in [0.5, 0.6) is 5.75 Å². The third-order valence-electron chi connectivity index (χ3n) is 4.34. The summed E-state index contributed by atoms with van der Waals surface area (Å²) in [7, 11) is 0. The number of benzene rings is 1. The molecule has 1 saturated heterocycles. The number of aryl methyl sites for hydroxylation is 1. The van der Waals surface area contributed by atoms with E-state index in [0.717, 1.165) is 37.9 Å². The molecule has 2 fully saturated rings. The van der Waals surface area contributed by atoms with E-state index in [4.69, 9.17) is 18.9 Å². The van der Waals surface area contributed by atoms with E-state index >= 15 is 0 Å². The highest BCUT2D eigenvalue weighted by Gasteiger charge is 2.28. The first kappa shape index (κ1) is 16.4. The minimum atomic E-state index is -0.130. The molecule has 0 N–H and O–H groups in total. The number of ether oxygens (including phenoxy) is 4. The quantitative estimate of drug-likeness (QED) is 0.254. The predicted molar refractivity (Wildman–Crippen MR) is 84.2 cm³/mol. The minimum absolute atomic E-state index is 0.0306. The van der Waals surface area contributed by atoms with Crippen LogP contribution in [-0.4, -0.2) is 38.2 Å². The van der Waals surface area contributed by atoms with Gasteiger partial charge in [-0.2, -0.15) is 0 Å². The summed E-state index contributed by atoms with van der Waals surface area (Å²) in [6.45, 7) is 3.73. The molecule has 1 aliphatic heterocycles. The third-order valence-corrected chi connectivity index (χ3v) is 4.34. The number of esters is 1. The van der Waals surface area contributed by atoms with Crippen molar-refractivity contribution in [3.8, 4) is 5.75 Å². The number of rotatable bonds is 7. The van der Waals surface area contributed by atoms with E-state index in [1.54, 1.807) is 0 Å². The zero-order chi connectivity index (χ0) is 16.1. The van der Waals surface area contributed by atoms with Crippen LogP contribution in [0.15, 0.2) is 24.3 Å². The molecule has 23 heavy (non-hydrogen) atoms. The number of carbonyl (C=O) groups excluding carboxylic acids is 1. The van der Waals surface area contributed by atoms with Crippen molar-refractivity contribution in [2.45, 2.75) is 44.8 Å². The summed E-state index contributed by atoms with van der Waals surface area (Å²) >= 11 is 0. The fourth-order valence-electron chi connectivity index (χ4n) is 2.76. The van der Waals surface area contributed by atoms with Crippen LogP contribution >= 0.6 is 0 Å². The van der Waals surface area contributed by atoms with Gasteiger partial charge in [-0.15, -0.1) is 0 Å². The Bertz CT molecular complexity index is 501. The Morgan fingerprint density at radius 3 is 2.52 bits per heavy atom. The average Bonchev–Trinajstić information content (AvgIpc) is 3.39. The molecular weight excluding hydrogens is 296 g/mol. The van der Waals surface area contributed by atoms with Crippen LogP contribution in [0.2, 0.25) is 0 Å². The second kappa shape index (κ2) is 7.90. The summed E-state index contributed by atoms with van der Waals surface area (Å²) < 4.78 is 21.6. The third kappa shape index (κ3) is 5.30. The van der Waals surface area contributed by atoms with Gasteiger partial charge in [0.2, 0.25) is 0 Å². The minimum Gasteiger partial charge on any atom is -0.426 e. The van der Waals surface area contributed by atoms with E-state index < -0.39 is 0 Å².